The maximum absolute atomic E-state index is 4.70. The highest BCUT2D eigenvalue weighted by Gasteiger charge is 2.35. The average molecular weight is 363 g/mol. The fourth-order valence-corrected chi connectivity index (χ4v) is 4.33. The Morgan fingerprint density at radius 2 is 1.85 bits per heavy atom. The lowest BCUT2D eigenvalue weighted by Crippen LogP contribution is -2.48. The van der Waals surface area contributed by atoms with Crippen molar-refractivity contribution in [2.75, 3.05) is 11.4 Å². The van der Waals surface area contributed by atoms with Gasteiger partial charge in [-0.1, -0.05) is 45.9 Å². The summed E-state index contributed by atoms with van der Waals surface area (Å²) >= 11 is 0. The van der Waals surface area contributed by atoms with Gasteiger partial charge in [0.05, 0.1) is 5.69 Å². The minimum absolute atomic E-state index is 0.218. The quantitative estimate of drug-likeness (QED) is 0.520. The first-order chi connectivity index (χ1) is 12.8. The fourth-order valence-electron chi connectivity index (χ4n) is 4.33. The second-order valence-electron chi connectivity index (χ2n) is 8.89. The summed E-state index contributed by atoms with van der Waals surface area (Å²) in [7, 11) is 0. The highest BCUT2D eigenvalue weighted by Crippen LogP contribution is 2.43. The second kappa shape index (κ2) is 7.88. The van der Waals surface area contributed by atoms with Crippen LogP contribution in [0.1, 0.15) is 82.9 Å². The molecule has 1 aliphatic heterocycles. The van der Waals surface area contributed by atoms with Crippen LogP contribution < -0.4 is 4.90 Å². The SMILES string of the molecule is CCCN1c2ccc(C=Nc3ccc(C(C)C)cc3)cc2C(C)CC1(C)C. The van der Waals surface area contributed by atoms with Crippen molar-refractivity contribution in [3.05, 3.63) is 59.2 Å². The largest absolute Gasteiger partial charge is 0.366 e. The standard InChI is InChI=1S/C25H34N2/c1-7-14-27-24-13-8-20(15-23(24)19(4)16-25(27,5)6)17-26-22-11-9-21(10-12-22)18(2)3/h8-13,15,17-19H,7,14,16H2,1-6H3. The molecule has 0 aromatic heterocycles. The van der Waals surface area contributed by atoms with Gasteiger partial charge in [-0.3, -0.25) is 4.99 Å². The fraction of sp³-hybridized carbons (Fsp3) is 0.480. The average Bonchev–Trinajstić information content (AvgIpc) is 2.63. The molecule has 27 heavy (non-hydrogen) atoms. The lowest BCUT2D eigenvalue weighted by molar-refractivity contribution is 0.376. The van der Waals surface area contributed by atoms with Crippen LogP contribution in [0.3, 0.4) is 0 Å². The first-order valence-electron chi connectivity index (χ1n) is 10.4. The van der Waals surface area contributed by atoms with E-state index in [4.69, 9.17) is 4.99 Å². The zero-order valence-corrected chi connectivity index (χ0v) is 17.8. The van der Waals surface area contributed by atoms with Gasteiger partial charge in [0, 0.05) is 24.0 Å². The number of rotatable bonds is 5. The van der Waals surface area contributed by atoms with Gasteiger partial charge in [0.15, 0.2) is 0 Å². The van der Waals surface area contributed by atoms with Crippen LogP contribution in [0.15, 0.2) is 47.5 Å². The zero-order valence-electron chi connectivity index (χ0n) is 17.8. The Morgan fingerprint density at radius 1 is 1.15 bits per heavy atom. The van der Waals surface area contributed by atoms with E-state index in [0.29, 0.717) is 11.8 Å². The topological polar surface area (TPSA) is 15.6 Å². The van der Waals surface area contributed by atoms with Gasteiger partial charge in [0.2, 0.25) is 0 Å². The first kappa shape index (κ1) is 19.7. The molecule has 0 bridgehead atoms. The molecule has 0 amide bonds. The van der Waals surface area contributed by atoms with Crippen molar-refractivity contribution in [3.8, 4) is 0 Å². The summed E-state index contributed by atoms with van der Waals surface area (Å²) in [6.07, 6.45) is 4.37. The van der Waals surface area contributed by atoms with E-state index in [2.05, 4.69) is 88.9 Å². The Kier molecular flexibility index (Phi) is 5.74. The van der Waals surface area contributed by atoms with Crippen molar-refractivity contribution in [1.29, 1.82) is 0 Å². The molecular weight excluding hydrogens is 328 g/mol. The summed E-state index contributed by atoms with van der Waals surface area (Å²) < 4.78 is 0. The molecule has 2 aromatic carbocycles. The summed E-state index contributed by atoms with van der Waals surface area (Å²) in [5.74, 6) is 1.13. The Morgan fingerprint density at radius 3 is 2.48 bits per heavy atom. The van der Waals surface area contributed by atoms with E-state index in [9.17, 15) is 0 Å². The van der Waals surface area contributed by atoms with Crippen LogP contribution in [0.25, 0.3) is 0 Å². The molecule has 1 atom stereocenters. The number of fused-ring (bicyclic) bond motifs is 1. The van der Waals surface area contributed by atoms with Crippen molar-refractivity contribution in [1.82, 2.24) is 0 Å². The van der Waals surface area contributed by atoms with Gasteiger partial charge in [-0.15, -0.1) is 0 Å². The number of aliphatic imine (C=N–C) groups is 1. The number of hydrogen-bond acceptors (Lipinski definition) is 2. The minimum atomic E-state index is 0.218. The highest BCUT2D eigenvalue weighted by molar-refractivity contribution is 5.83. The van der Waals surface area contributed by atoms with Crippen LogP contribution in [0.5, 0.6) is 0 Å². The van der Waals surface area contributed by atoms with E-state index < -0.39 is 0 Å². The maximum atomic E-state index is 4.70. The molecule has 1 unspecified atom stereocenters. The molecule has 1 aliphatic rings. The number of hydrogen-bond donors (Lipinski definition) is 0. The molecular formula is C25H34N2. The van der Waals surface area contributed by atoms with Gasteiger partial charge in [0.25, 0.3) is 0 Å². The summed E-state index contributed by atoms with van der Waals surface area (Å²) in [4.78, 5) is 7.29. The monoisotopic (exact) mass is 362 g/mol. The predicted molar refractivity (Wildman–Crippen MR) is 119 cm³/mol. The Hall–Kier alpha value is -2.09. The van der Waals surface area contributed by atoms with Crippen molar-refractivity contribution in [2.24, 2.45) is 4.99 Å². The normalized spacial score (nSPS) is 18.9. The zero-order chi connectivity index (χ0) is 19.6. The smallest absolute Gasteiger partial charge is 0.0630 e. The second-order valence-corrected chi connectivity index (χ2v) is 8.89. The molecule has 2 aromatic rings. The van der Waals surface area contributed by atoms with Crippen LogP contribution >= 0.6 is 0 Å². The minimum Gasteiger partial charge on any atom is -0.366 e. The van der Waals surface area contributed by atoms with Crippen LogP contribution in [-0.4, -0.2) is 18.3 Å². The molecule has 2 nitrogen and oxygen atoms in total. The third-order valence-corrected chi connectivity index (χ3v) is 5.78. The summed E-state index contributed by atoms with van der Waals surface area (Å²) in [6.45, 7) is 14.9. The molecule has 1 heterocycles. The summed E-state index contributed by atoms with van der Waals surface area (Å²) in [6, 6.07) is 15.4. The number of anilines is 1. The van der Waals surface area contributed by atoms with Crippen molar-refractivity contribution < 1.29 is 0 Å². The van der Waals surface area contributed by atoms with Gasteiger partial charge in [0.1, 0.15) is 0 Å². The number of benzene rings is 2. The van der Waals surface area contributed by atoms with Gasteiger partial charge >= 0.3 is 0 Å². The molecule has 0 fully saturated rings. The molecule has 144 valence electrons. The van der Waals surface area contributed by atoms with Crippen molar-refractivity contribution in [2.45, 2.75) is 71.8 Å². The molecule has 0 aliphatic carbocycles. The van der Waals surface area contributed by atoms with E-state index in [1.807, 2.05) is 6.21 Å². The molecule has 0 spiro atoms. The van der Waals surface area contributed by atoms with Crippen LogP contribution in [0.2, 0.25) is 0 Å². The van der Waals surface area contributed by atoms with Crippen molar-refractivity contribution >= 4 is 17.6 Å². The van der Waals surface area contributed by atoms with E-state index in [-0.39, 0.29) is 5.54 Å². The predicted octanol–water partition coefficient (Wildman–Crippen LogP) is 7.06. The molecule has 3 rings (SSSR count). The van der Waals surface area contributed by atoms with E-state index in [0.717, 1.165) is 12.2 Å². The Labute approximate surface area is 165 Å². The van der Waals surface area contributed by atoms with E-state index >= 15 is 0 Å². The van der Waals surface area contributed by atoms with E-state index in [1.165, 1.54) is 35.2 Å². The maximum Gasteiger partial charge on any atom is 0.0630 e. The van der Waals surface area contributed by atoms with Crippen LogP contribution in [0.4, 0.5) is 11.4 Å². The molecule has 0 saturated carbocycles. The Balaban J connectivity index is 1.86. The molecule has 0 radical (unpaired) electrons. The molecule has 2 heteroatoms. The van der Waals surface area contributed by atoms with Crippen LogP contribution in [-0.2, 0) is 0 Å². The third-order valence-electron chi connectivity index (χ3n) is 5.78. The van der Waals surface area contributed by atoms with Crippen LogP contribution in [0, 0.1) is 0 Å². The van der Waals surface area contributed by atoms with Gasteiger partial charge in [-0.2, -0.15) is 0 Å². The number of nitrogens with zero attached hydrogens (tertiary/aromatic N) is 2. The summed E-state index contributed by atoms with van der Waals surface area (Å²) in [5.41, 5.74) is 6.63. The lowest BCUT2D eigenvalue weighted by atomic mass is 9.79. The highest BCUT2D eigenvalue weighted by atomic mass is 15.2. The van der Waals surface area contributed by atoms with Gasteiger partial charge in [-0.25, -0.2) is 0 Å². The van der Waals surface area contributed by atoms with Gasteiger partial charge < -0.3 is 4.90 Å². The Bertz CT molecular complexity index is 800. The van der Waals surface area contributed by atoms with Gasteiger partial charge in [-0.05, 0) is 79.5 Å². The van der Waals surface area contributed by atoms with E-state index in [1.54, 1.807) is 0 Å². The first-order valence-corrected chi connectivity index (χ1v) is 10.4. The lowest BCUT2D eigenvalue weighted by Gasteiger charge is -2.47. The third kappa shape index (κ3) is 4.26. The van der Waals surface area contributed by atoms with Crippen molar-refractivity contribution in [3.63, 3.8) is 0 Å². The summed E-state index contributed by atoms with van der Waals surface area (Å²) in [5, 5.41) is 0. The molecule has 0 saturated heterocycles. The molecule has 0 N–H and O–H groups in total.